The lowest BCUT2D eigenvalue weighted by molar-refractivity contribution is -0.384. The van der Waals surface area contributed by atoms with Gasteiger partial charge in [-0.05, 0) is 29.3 Å². The molecule has 2 aromatic carbocycles. The van der Waals surface area contributed by atoms with E-state index < -0.39 is 16.9 Å². The molecule has 0 saturated carbocycles. The molecule has 0 amide bonds. The number of benzene rings is 2. The highest BCUT2D eigenvalue weighted by Gasteiger charge is 2.23. The molecule has 0 saturated heterocycles. The Labute approximate surface area is 131 Å². The second kappa shape index (κ2) is 6.69. The number of ether oxygens (including phenoxy) is 2. The maximum atomic E-state index is 12.1. The molecule has 23 heavy (non-hydrogen) atoms. The van der Waals surface area contributed by atoms with Crippen LogP contribution in [0.25, 0.3) is 11.1 Å². The topological polar surface area (TPSA) is 95.7 Å². The first-order valence-corrected chi connectivity index (χ1v) is 6.54. The van der Waals surface area contributed by atoms with Crippen molar-refractivity contribution in [2.45, 2.75) is 0 Å². The molecule has 0 unspecified atom stereocenters. The van der Waals surface area contributed by atoms with Crippen molar-refractivity contribution in [2.24, 2.45) is 0 Å². The van der Waals surface area contributed by atoms with Crippen LogP contribution in [0.15, 0.2) is 42.5 Å². The minimum Gasteiger partial charge on any atom is -0.465 e. The normalized spacial score (nSPS) is 10.0. The van der Waals surface area contributed by atoms with Gasteiger partial charge in [0.25, 0.3) is 5.69 Å². The second-order valence-corrected chi connectivity index (χ2v) is 4.52. The number of hydrogen-bond acceptors (Lipinski definition) is 6. The molecule has 0 fully saturated rings. The van der Waals surface area contributed by atoms with Gasteiger partial charge in [0.1, 0.15) is 0 Å². The summed E-state index contributed by atoms with van der Waals surface area (Å²) in [5, 5.41) is 10.7. The average molecular weight is 315 g/mol. The molecular formula is C16H13NO6. The SMILES string of the molecule is COC(=O)c1cccc(-c2ccc([N+](=O)[O-])cc2)c1C(=O)OC. The molecule has 7 heteroatoms. The number of nitrogens with zero attached hydrogens (tertiary/aromatic N) is 1. The first-order valence-electron chi connectivity index (χ1n) is 6.54. The molecule has 0 aliphatic carbocycles. The minimum atomic E-state index is -0.695. The summed E-state index contributed by atoms with van der Waals surface area (Å²) in [4.78, 5) is 34.2. The van der Waals surface area contributed by atoms with E-state index in [0.717, 1.165) is 0 Å². The van der Waals surface area contributed by atoms with Crippen molar-refractivity contribution in [3.63, 3.8) is 0 Å². The number of nitro groups is 1. The van der Waals surface area contributed by atoms with Gasteiger partial charge in [0, 0.05) is 12.1 Å². The Balaban J connectivity index is 2.63. The monoisotopic (exact) mass is 315 g/mol. The Morgan fingerprint density at radius 2 is 1.57 bits per heavy atom. The second-order valence-electron chi connectivity index (χ2n) is 4.52. The number of methoxy groups -OCH3 is 2. The third-order valence-electron chi connectivity index (χ3n) is 3.25. The van der Waals surface area contributed by atoms with E-state index in [0.29, 0.717) is 11.1 Å². The first kappa shape index (κ1) is 16.2. The van der Waals surface area contributed by atoms with Gasteiger partial charge in [-0.25, -0.2) is 9.59 Å². The third kappa shape index (κ3) is 3.18. The van der Waals surface area contributed by atoms with Crippen molar-refractivity contribution in [1.29, 1.82) is 0 Å². The van der Waals surface area contributed by atoms with Gasteiger partial charge >= 0.3 is 11.9 Å². The molecule has 0 heterocycles. The number of rotatable bonds is 4. The molecular weight excluding hydrogens is 302 g/mol. The standard InChI is InChI=1S/C16H13NO6/c1-22-15(18)13-5-3-4-12(14(13)16(19)23-2)10-6-8-11(9-7-10)17(20)21/h3-9H,1-2H3. The van der Waals surface area contributed by atoms with E-state index >= 15 is 0 Å². The predicted molar refractivity (Wildman–Crippen MR) is 81.2 cm³/mol. The fourth-order valence-corrected chi connectivity index (χ4v) is 2.16. The lowest BCUT2D eigenvalue weighted by atomic mass is 9.95. The quantitative estimate of drug-likeness (QED) is 0.489. The van der Waals surface area contributed by atoms with Crippen LogP contribution < -0.4 is 0 Å². The molecule has 0 spiro atoms. The van der Waals surface area contributed by atoms with Crippen molar-refractivity contribution < 1.29 is 24.0 Å². The predicted octanol–water partition coefficient (Wildman–Crippen LogP) is 2.84. The molecule has 0 atom stereocenters. The summed E-state index contributed by atoms with van der Waals surface area (Å²) in [5.74, 6) is -1.37. The maximum absolute atomic E-state index is 12.1. The van der Waals surface area contributed by atoms with Crippen molar-refractivity contribution in [2.75, 3.05) is 14.2 Å². The Hall–Kier alpha value is -3.22. The molecule has 2 aromatic rings. The molecule has 0 bridgehead atoms. The number of non-ortho nitro benzene ring substituents is 1. The fraction of sp³-hybridized carbons (Fsp3) is 0.125. The first-order chi connectivity index (χ1) is 11.0. The van der Waals surface area contributed by atoms with E-state index in [-0.39, 0.29) is 16.8 Å². The zero-order valence-corrected chi connectivity index (χ0v) is 12.4. The van der Waals surface area contributed by atoms with Crippen molar-refractivity contribution in [3.8, 4) is 11.1 Å². The van der Waals surface area contributed by atoms with Gasteiger partial charge in [-0.2, -0.15) is 0 Å². The molecule has 0 aliphatic rings. The molecule has 0 radical (unpaired) electrons. The molecule has 118 valence electrons. The lowest BCUT2D eigenvalue weighted by Crippen LogP contribution is -2.13. The Morgan fingerprint density at radius 1 is 0.957 bits per heavy atom. The number of esters is 2. The van der Waals surface area contributed by atoms with Crippen LogP contribution in [0.5, 0.6) is 0 Å². The van der Waals surface area contributed by atoms with E-state index in [1.165, 1.54) is 44.6 Å². The van der Waals surface area contributed by atoms with E-state index in [2.05, 4.69) is 4.74 Å². The summed E-state index contributed by atoms with van der Waals surface area (Å²) in [7, 11) is 2.41. The molecule has 0 aromatic heterocycles. The van der Waals surface area contributed by atoms with Gasteiger partial charge in [-0.3, -0.25) is 10.1 Å². The molecule has 7 nitrogen and oxygen atoms in total. The van der Waals surface area contributed by atoms with Crippen LogP contribution in [0.3, 0.4) is 0 Å². The minimum absolute atomic E-state index is 0.0516. The summed E-state index contributed by atoms with van der Waals surface area (Å²) in [6.07, 6.45) is 0. The largest absolute Gasteiger partial charge is 0.465 e. The highest BCUT2D eigenvalue weighted by atomic mass is 16.6. The van der Waals surface area contributed by atoms with Gasteiger partial charge in [-0.15, -0.1) is 0 Å². The van der Waals surface area contributed by atoms with Crippen molar-refractivity contribution >= 4 is 17.6 Å². The van der Waals surface area contributed by atoms with E-state index in [9.17, 15) is 19.7 Å². The molecule has 0 N–H and O–H groups in total. The van der Waals surface area contributed by atoms with Crippen LogP contribution >= 0.6 is 0 Å². The van der Waals surface area contributed by atoms with Gasteiger partial charge in [-0.1, -0.05) is 12.1 Å². The number of nitro benzene ring substituents is 1. The fourth-order valence-electron chi connectivity index (χ4n) is 2.16. The lowest BCUT2D eigenvalue weighted by Gasteiger charge is -2.12. The summed E-state index contributed by atoms with van der Waals surface area (Å²) >= 11 is 0. The van der Waals surface area contributed by atoms with Crippen LogP contribution in [0.4, 0.5) is 5.69 Å². The Morgan fingerprint density at radius 3 is 2.09 bits per heavy atom. The smallest absolute Gasteiger partial charge is 0.339 e. The zero-order chi connectivity index (χ0) is 17.0. The van der Waals surface area contributed by atoms with Gasteiger partial charge in [0.05, 0.1) is 30.3 Å². The number of carbonyl (C=O) groups is 2. The molecule has 0 aliphatic heterocycles. The third-order valence-corrected chi connectivity index (χ3v) is 3.25. The van der Waals surface area contributed by atoms with Crippen LogP contribution in [0.1, 0.15) is 20.7 Å². The summed E-state index contributed by atoms with van der Waals surface area (Å²) in [6.45, 7) is 0. The van der Waals surface area contributed by atoms with Gasteiger partial charge in [0.15, 0.2) is 0 Å². The average Bonchev–Trinajstić information content (AvgIpc) is 2.59. The van der Waals surface area contributed by atoms with Crippen molar-refractivity contribution in [3.05, 3.63) is 63.7 Å². The van der Waals surface area contributed by atoms with E-state index in [4.69, 9.17) is 4.74 Å². The summed E-state index contributed by atoms with van der Waals surface area (Å²) in [5.41, 5.74) is 1.01. The van der Waals surface area contributed by atoms with Crippen LogP contribution in [0.2, 0.25) is 0 Å². The van der Waals surface area contributed by atoms with Gasteiger partial charge in [0.2, 0.25) is 0 Å². The highest BCUT2D eigenvalue weighted by Crippen LogP contribution is 2.29. The zero-order valence-electron chi connectivity index (χ0n) is 12.4. The van der Waals surface area contributed by atoms with E-state index in [1.807, 2.05) is 0 Å². The summed E-state index contributed by atoms with van der Waals surface area (Å²) < 4.78 is 9.42. The maximum Gasteiger partial charge on any atom is 0.339 e. The summed E-state index contributed by atoms with van der Waals surface area (Å²) in [6, 6.07) is 10.3. The Kier molecular flexibility index (Phi) is 4.70. The Bertz CT molecular complexity index is 767. The number of hydrogen-bond donors (Lipinski definition) is 0. The van der Waals surface area contributed by atoms with Crippen LogP contribution in [-0.4, -0.2) is 31.1 Å². The highest BCUT2D eigenvalue weighted by molar-refractivity contribution is 6.07. The van der Waals surface area contributed by atoms with Crippen LogP contribution in [-0.2, 0) is 9.47 Å². The van der Waals surface area contributed by atoms with Gasteiger partial charge < -0.3 is 9.47 Å². The van der Waals surface area contributed by atoms with E-state index in [1.54, 1.807) is 12.1 Å². The van der Waals surface area contributed by atoms with Crippen molar-refractivity contribution in [1.82, 2.24) is 0 Å². The number of carbonyl (C=O) groups excluding carboxylic acids is 2. The molecule has 2 rings (SSSR count). The van der Waals surface area contributed by atoms with Crippen LogP contribution in [0, 0.1) is 10.1 Å².